The summed E-state index contributed by atoms with van der Waals surface area (Å²) in [4.78, 5) is 0.00806. The van der Waals surface area contributed by atoms with Crippen molar-refractivity contribution >= 4 is 22.4 Å². The van der Waals surface area contributed by atoms with Gasteiger partial charge in [-0.2, -0.15) is 0 Å². The predicted molar refractivity (Wildman–Crippen MR) is 117 cm³/mol. The lowest BCUT2D eigenvalue weighted by Gasteiger charge is -2.20. The quantitative estimate of drug-likeness (QED) is 0.497. The number of methoxy groups -OCH3 is 2. The van der Waals surface area contributed by atoms with Crippen LogP contribution in [0.25, 0.3) is 0 Å². The standard InChI is InChI=1S/C20H28N2O6S.ClH/c1-13-8-9-15(10-19(13)29(21,24)25)16(23)11-22-14(2)12-28-20-17(26-3)6-5-7-18(20)27-4;/h5-10,14,16,22-23H,11-12H2,1-4H3,(H2,21,24,25);1H. The van der Waals surface area contributed by atoms with Gasteiger partial charge in [0.15, 0.2) is 11.5 Å². The minimum Gasteiger partial charge on any atom is -0.493 e. The van der Waals surface area contributed by atoms with Crippen LogP contribution >= 0.6 is 12.4 Å². The van der Waals surface area contributed by atoms with Crippen molar-refractivity contribution < 1.29 is 27.7 Å². The normalized spacial score (nSPS) is 13.1. The number of aryl methyl sites for hydroxylation is 1. The van der Waals surface area contributed by atoms with E-state index >= 15 is 0 Å². The van der Waals surface area contributed by atoms with Crippen LogP contribution < -0.4 is 24.7 Å². The Morgan fingerprint density at radius 3 is 2.27 bits per heavy atom. The summed E-state index contributed by atoms with van der Waals surface area (Å²) in [5.74, 6) is 1.63. The van der Waals surface area contributed by atoms with Gasteiger partial charge < -0.3 is 24.6 Å². The van der Waals surface area contributed by atoms with Crippen LogP contribution in [0.1, 0.15) is 24.2 Å². The zero-order valence-electron chi connectivity index (χ0n) is 17.4. The summed E-state index contributed by atoms with van der Waals surface area (Å²) in [6.45, 7) is 4.07. The van der Waals surface area contributed by atoms with Crippen LogP contribution in [-0.4, -0.2) is 46.9 Å². The number of rotatable bonds is 10. The number of halogens is 1. The lowest BCUT2D eigenvalue weighted by Crippen LogP contribution is -2.35. The number of nitrogens with one attached hydrogen (secondary N) is 1. The van der Waals surface area contributed by atoms with Crippen LogP contribution in [0.15, 0.2) is 41.3 Å². The molecule has 168 valence electrons. The van der Waals surface area contributed by atoms with E-state index in [2.05, 4.69) is 5.32 Å². The van der Waals surface area contributed by atoms with E-state index in [1.807, 2.05) is 6.92 Å². The van der Waals surface area contributed by atoms with Crippen LogP contribution in [0, 0.1) is 6.92 Å². The molecule has 0 saturated heterocycles. The van der Waals surface area contributed by atoms with Crippen molar-refractivity contribution in [1.29, 1.82) is 0 Å². The number of ether oxygens (including phenoxy) is 3. The highest BCUT2D eigenvalue weighted by atomic mass is 35.5. The molecule has 0 amide bonds. The first kappa shape index (κ1) is 26.0. The molecule has 0 aliphatic rings. The summed E-state index contributed by atoms with van der Waals surface area (Å²) in [5.41, 5.74) is 0.996. The van der Waals surface area contributed by atoms with Crippen molar-refractivity contribution in [3.8, 4) is 17.2 Å². The number of nitrogens with two attached hydrogens (primary N) is 1. The van der Waals surface area contributed by atoms with Gasteiger partial charge in [0.2, 0.25) is 15.8 Å². The van der Waals surface area contributed by atoms with Crippen molar-refractivity contribution in [2.75, 3.05) is 27.4 Å². The SMILES string of the molecule is COc1cccc(OC)c1OCC(C)NCC(O)c1ccc(C)c(S(N)(=O)=O)c1.Cl. The highest BCUT2D eigenvalue weighted by Gasteiger charge is 2.17. The molecular formula is C20H29ClN2O6S. The molecule has 0 fully saturated rings. The lowest BCUT2D eigenvalue weighted by atomic mass is 10.1. The summed E-state index contributed by atoms with van der Waals surface area (Å²) in [7, 11) is -0.743. The average Bonchev–Trinajstić information content (AvgIpc) is 2.69. The number of benzene rings is 2. The van der Waals surface area contributed by atoms with E-state index in [0.29, 0.717) is 35.0 Å². The lowest BCUT2D eigenvalue weighted by molar-refractivity contribution is 0.162. The molecule has 30 heavy (non-hydrogen) atoms. The highest BCUT2D eigenvalue weighted by Crippen LogP contribution is 2.36. The first-order valence-electron chi connectivity index (χ1n) is 9.06. The summed E-state index contributed by atoms with van der Waals surface area (Å²) in [5, 5.41) is 18.8. The van der Waals surface area contributed by atoms with Gasteiger partial charge in [-0.25, -0.2) is 13.6 Å². The minimum absolute atomic E-state index is 0. The number of hydrogen-bond acceptors (Lipinski definition) is 7. The number of sulfonamides is 1. The van der Waals surface area contributed by atoms with E-state index in [0.717, 1.165) is 0 Å². The highest BCUT2D eigenvalue weighted by molar-refractivity contribution is 7.89. The summed E-state index contributed by atoms with van der Waals surface area (Å²) in [6, 6.07) is 9.95. The van der Waals surface area contributed by atoms with E-state index < -0.39 is 16.1 Å². The Balaban J connectivity index is 0.00000450. The number of primary sulfonamides is 1. The Hall–Kier alpha value is -2.04. The van der Waals surface area contributed by atoms with Gasteiger partial charge in [0.1, 0.15) is 6.61 Å². The summed E-state index contributed by atoms with van der Waals surface area (Å²) in [6.07, 6.45) is -0.903. The predicted octanol–water partition coefficient (Wildman–Crippen LogP) is 2.17. The molecule has 2 aromatic rings. The number of aliphatic hydroxyl groups is 1. The molecule has 0 aromatic heterocycles. The number of para-hydroxylation sites is 1. The molecule has 0 aliphatic heterocycles. The van der Waals surface area contributed by atoms with Crippen molar-refractivity contribution in [3.05, 3.63) is 47.5 Å². The minimum atomic E-state index is -3.85. The molecule has 4 N–H and O–H groups in total. The Labute approximate surface area is 183 Å². The molecule has 2 rings (SSSR count). The Morgan fingerprint density at radius 2 is 1.73 bits per heavy atom. The van der Waals surface area contributed by atoms with Crippen molar-refractivity contribution in [1.82, 2.24) is 5.32 Å². The Kier molecular flexibility index (Phi) is 9.86. The summed E-state index contributed by atoms with van der Waals surface area (Å²) >= 11 is 0. The van der Waals surface area contributed by atoms with Gasteiger partial charge >= 0.3 is 0 Å². The van der Waals surface area contributed by atoms with Gasteiger partial charge in [-0.3, -0.25) is 0 Å². The first-order chi connectivity index (χ1) is 13.7. The fraction of sp³-hybridized carbons (Fsp3) is 0.400. The third-order valence-corrected chi connectivity index (χ3v) is 5.48. The van der Waals surface area contributed by atoms with E-state index in [9.17, 15) is 13.5 Å². The van der Waals surface area contributed by atoms with Crippen molar-refractivity contribution in [3.63, 3.8) is 0 Å². The molecular weight excluding hydrogens is 432 g/mol. The Morgan fingerprint density at radius 1 is 1.13 bits per heavy atom. The third kappa shape index (κ3) is 6.75. The zero-order chi connectivity index (χ0) is 21.6. The fourth-order valence-electron chi connectivity index (χ4n) is 2.79. The van der Waals surface area contributed by atoms with E-state index in [4.69, 9.17) is 19.3 Å². The van der Waals surface area contributed by atoms with Gasteiger partial charge in [-0.15, -0.1) is 12.4 Å². The maximum Gasteiger partial charge on any atom is 0.238 e. The maximum atomic E-state index is 11.7. The topological polar surface area (TPSA) is 120 Å². The molecule has 0 heterocycles. The van der Waals surface area contributed by atoms with Crippen molar-refractivity contribution in [2.45, 2.75) is 30.9 Å². The third-order valence-electron chi connectivity index (χ3n) is 4.42. The van der Waals surface area contributed by atoms with Crippen LogP contribution in [-0.2, 0) is 10.0 Å². The largest absolute Gasteiger partial charge is 0.493 e. The fourth-order valence-corrected chi connectivity index (χ4v) is 3.61. The second-order valence-electron chi connectivity index (χ2n) is 6.70. The average molecular weight is 461 g/mol. The van der Waals surface area contributed by atoms with Crippen LogP contribution in [0.2, 0.25) is 0 Å². The van der Waals surface area contributed by atoms with Crippen LogP contribution in [0.5, 0.6) is 17.2 Å². The number of hydrogen-bond donors (Lipinski definition) is 3. The van der Waals surface area contributed by atoms with Crippen LogP contribution in [0.3, 0.4) is 0 Å². The molecule has 2 aromatic carbocycles. The molecule has 2 atom stereocenters. The second kappa shape index (κ2) is 11.4. The molecule has 0 aliphatic carbocycles. The molecule has 0 bridgehead atoms. The van der Waals surface area contributed by atoms with Gasteiger partial charge in [0.05, 0.1) is 25.2 Å². The zero-order valence-corrected chi connectivity index (χ0v) is 19.0. The molecule has 0 spiro atoms. The smallest absolute Gasteiger partial charge is 0.238 e. The first-order valence-corrected chi connectivity index (χ1v) is 10.6. The van der Waals surface area contributed by atoms with Gasteiger partial charge in [-0.05, 0) is 43.2 Å². The second-order valence-corrected chi connectivity index (χ2v) is 8.23. The molecule has 10 heteroatoms. The maximum absolute atomic E-state index is 11.7. The molecule has 2 unspecified atom stereocenters. The molecule has 0 radical (unpaired) electrons. The van der Waals surface area contributed by atoms with Gasteiger partial charge in [0.25, 0.3) is 0 Å². The van der Waals surface area contributed by atoms with Crippen LogP contribution in [0.4, 0.5) is 0 Å². The number of aliphatic hydroxyl groups excluding tert-OH is 1. The van der Waals surface area contributed by atoms with Crippen molar-refractivity contribution in [2.24, 2.45) is 5.14 Å². The molecule has 0 saturated carbocycles. The van der Waals surface area contributed by atoms with E-state index in [1.54, 1.807) is 51.5 Å². The van der Waals surface area contributed by atoms with E-state index in [-0.39, 0.29) is 29.9 Å². The monoisotopic (exact) mass is 460 g/mol. The van der Waals surface area contributed by atoms with E-state index in [1.165, 1.54) is 6.07 Å². The summed E-state index contributed by atoms with van der Waals surface area (Å²) < 4.78 is 39.8. The molecule has 8 nitrogen and oxygen atoms in total. The van der Waals surface area contributed by atoms with Gasteiger partial charge in [-0.1, -0.05) is 18.2 Å². The Bertz CT molecular complexity index is 917. The van der Waals surface area contributed by atoms with Gasteiger partial charge in [0, 0.05) is 12.6 Å².